The van der Waals surface area contributed by atoms with E-state index in [0.717, 1.165) is 10.5 Å². The van der Waals surface area contributed by atoms with E-state index in [1.165, 1.54) is 6.33 Å². The van der Waals surface area contributed by atoms with E-state index >= 15 is 0 Å². The summed E-state index contributed by atoms with van der Waals surface area (Å²) in [5.41, 5.74) is 1.25. The first-order valence-corrected chi connectivity index (χ1v) is 6.63. The van der Waals surface area contributed by atoms with Gasteiger partial charge in [-0.3, -0.25) is 4.79 Å². The number of nitriles is 1. The number of hydrogen-bond acceptors (Lipinski definition) is 3. The molecule has 1 aromatic carbocycles. The standard InChI is InChI=1S/C16H16N4O/c1-19(2)9-8-15-14(10-17)16(21)18-12-20(15)11-13-6-4-3-5-7-13/h3-9,12H,11H2,1-2H3/p+1/b9-8+. The lowest BCUT2D eigenvalue weighted by molar-refractivity contribution is -0.800. The van der Waals surface area contributed by atoms with Gasteiger partial charge in [0.25, 0.3) is 5.56 Å². The van der Waals surface area contributed by atoms with Crippen LogP contribution in [0.3, 0.4) is 0 Å². The molecule has 0 aliphatic heterocycles. The van der Waals surface area contributed by atoms with Crippen LogP contribution in [0.15, 0.2) is 47.7 Å². The van der Waals surface area contributed by atoms with E-state index in [0.29, 0.717) is 12.2 Å². The van der Waals surface area contributed by atoms with Crippen LogP contribution in [0.4, 0.5) is 0 Å². The van der Waals surface area contributed by atoms with Gasteiger partial charge in [0, 0.05) is 12.6 Å². The Morgan fingerprint density at radius 2 is 2.05 bits per heavy atom. The Hall–Kier alpha value is -2.71. The lowest BCUT2D eigenvalue weighted by Crippen LogP contribution is -3.00. The zero-order valence-corrected chi connectivity index (χ0v) is 12.1. The Morgan fingerprint density at radius 1 is 1.33 bits per heavy atom. The van der Waals surface area contributed by atoms with Gasteiger partial charge in [-0.15, -0.1) is 0 Å². The monoisotopic (exact) mass is 281 g/mol. The molecule has 5 heteroatoms. The van der Waals surface area contributed by atoms with E-state index in [4.69, 9.17) is 0 Å². The van der Waals surface area contributed by atoms with Crippen molar-refractivity contribution in [2.45, 2.75) is 6.54 Å². The molecule has 1 heterocycles. The van der Waals surface area contributed by atoms with Gasteiger partial charge < -0.3 is 9.47 Å². The fourth-order valence-corrected chi connectivity index (χ4v) is 1.94. The van der Waals surface area contributed by atoms with Crippen LogP contribution in [-0.4, -0.2) is 23.6 Å². The normalized spacial score (nSPS) is 11.0. The summed E-state index contributed by atoms with van der Waals surface area (Å²) in [7, 11) is 3.92. The van der Waals surface area contributed by atoms with Crippen molar-refractivity contribution < 1.29 is 4.90 Å². The van der Waals surface area contributed by atoms with Crippen molar-refractivity contribution in [1.29, 1.82) is 5.26 Å². The molecule has 106 valence electrons. The smallest absolute Gasteiger partial charge is 0.291 e. The molecule has 0 radical (unpaired) electrons. The van der Waals surface area contributed by atoms with E-state index < -0.39 is 5.56 Å². The van der Waals surface area contributed by atoms with Crippen molar-refractivity contribution >= 4 is 6.08 Å². The van der Waals surface area contributed by atoms with Gasteiger partial charge in [0.1, 0.15) is 11.6 Å². The van der Waals surface area contributed by atoms with Gasteiger partial charge in [-0.05, 0) is 5.56 Å². The molecule has 2 rings (SSSR count). The van der Waals surface area contributed by atoms with Crippen LogP contribution in [0.2, 0.25) is 0 Å². The Morgan fingerprint density at radius 3 is 2.67 bits per heavy atom. The fraction of sp³-hybridized carbons (Fsp3) is 0.188. The lowest BCUT2D eigenvalue weighted by Gasteiger charge is -2.11. The van der Waals surface area contributed by atoms with E-state index in [-0.39, 0.29) is 5.56 Å². The van der Waals surface area contributed by atoms with Crippen molar-refractivity contribution in [3.8, 4) is 6.07 Å². The maximum Gasteiger partial charge on any atom is 0.291 e. The highest BCUT2D eigenvalue weighted by Gasteiger charge is 2.10. The third kappa shape index (κ3) is 3.65. The summed E-state index contributed by atoms with van der Waals surface area (Å²) in [6.45, 7) is 0.561. The molecular weight excluding hydrogens is 264 g/mol. The molecule has 0 saturated carbocycles. The second-order valence-corrected chi connectivity index (χ2v) is 4.95. The fourth-order valence-electron chi connectivity index (χ4n) is 1.94. The van der Waals surface area contributed by atoms with Crippen LogP contribution in [0.5, 0.6) is 0 Å². The van der Waals surface area contributed by atoms with E-state index in [1.54, 1.807) is 6.08 Å². The zero-order chi connectivity index (χ0) is 15.2. The lowest BCUT2D eigenvalue weighted by atomic mass is 10.2. The summed E-state index contributed by atoms with van der Waals surface area (Å²) in [5.74, 6) is 0. The highest BCUT2D eigenvalue weighted by molar-refractivity contribution is 5.52. The number of quaternary nitrogens is 1. The minimum Gasteiger partial charge on any atom is -0.326 e. The average Bonchev–Trinajstić information content (AvgIpc) is 2.48. The first-order chi connectivity index (χ1) is 10.1. The van der Waals surface area contributed by atoms with E-state index in [9.17, 15) is 10.1 Å². The third-order valence-electron chi connectivity index (χ3n) is 2.98. The minimum absolute atomic E-state index is 0.0749. The number of aromatic nitrogens is 2. The van der Waals surface area contributed by atoms with Crippen LogP contribution in [0.25, 0.3) is 6.08 Å². The van der Waals surface area contributed by atoms with Gasteiger partial charge in [-0.2, -0.15) is 10.2 Å². The van der Waals surface area contributed by atoms with Gasteiger partial charge >= 0.3 is 0 Å². The Kier molecular flexibility index (Phi) is 4.64. The van der Waals surface area contributed by atoms with Crippen molar-refractivity contribution in [2.24, 2.45) is 0 Å². The van der Waals surface area contributed by atoms with Gasteiger partial charge in [0.2, 0.25) is 0 Å². The predicted molar refractivity (Wildman–Crippen MR) is 80.6 cm³/mol. The summed E-state index contributed by atoms with van der Waals surface area (Å²) in [6, 6.07) is 11.8. The van der Waals surface area contributed by atoms with E-state index in [2.05, 4.69) is 4.98 Å². The molecule has 0 amide bonds. The van der Waals surface area contributed by atoms with Gasteiger partial charge in [0.05, 0.1) is 32.3 Å². The SMILES string of the molecule is C[NH+](C)/C=C/c1c(C#N)c(=O)ncn1Cc1ccccc1. The van der Waals surface area contributed by atoms with Gasteiger partial charge in [-0.25, -0.2) is 0 Å². The van der Waals surface area contributed by atoms with Crippen molar-refractivity contribution in [2.75, 3.05) is 14.1 Å². The minimum atomic E-state index is -0.491. The Balaban J connectivity index is 2.50. The van der Waals surface area contributed by atoms with Crippen LogP contribution in [0, 0.1) is 11.3 Å². The molecule has 0 saturated heterocycles. The maximum absolute atomic E-state index is 11.7. The molecule has 0 atom stereocenters. The number of benzene rings is 1. The van der Waals surface area contributed by atoms with Crippen LogP contribution < -0.4 is 10.5 Å². The topological polar surface area (TPSA) is 63.1 Å². The molecule has 0 aliphatic rings. The second kappa shape index (κ2) is 6.64. The molecule has 5 nitrogen and oxygen atoms in total. The third-order valence-corrected chi connectivity index (χ3v) is 2.98. The first-order valence-electron chi connectivity index (χ1n) is 6.63. The maximum atomic E-state index is 11.7. The molecular formula is C16H17N4O+. The van der Waals surface area contributed by atoms with Crippen molar-refractivity contribution in [3.05, 3.63) is 70.0 Å². The van der Waals surface area contributed by atoms with Gasteiger partial charge in [0.15, 0.2) is 0 Å². The summed E-state index contributed by atoms with van der Waals surface area (Å²) >= 11 is 0. The molecule has 0 bridgehead atoms. The summed E-state index contributed by atoms with van der Waals surface area (Å²) in [5, 5.41) is 9.21. The largest absolute Gasteiger partial charge is 0.326 e. The second-order valence-electron chi connectivity index (χ2n) is 4.95. The Labute approximate surface area is 123 Å². The highest BCUT2D eigenvalue weighted by atomic mass is 16.1. The average molecular weight is 281 g/mol. The number of rotatable bonds is 4. The van der Waals surface area contributed by atoms with Crippen LogP contribution in [-0.2, 0) is 6.54 Å². The van der Waals surface area contributed by atoms with Crippen LogP contribution in [0.1, 0.15) is 16.8 Å². The molecule has 0 aliphatic carbocycles. The molecule has 0 unspecified atom stereocenters. The number of nitrogens with one attached hydrogen (secondary N) is 1. The highest BCUT2D eigenvalue weighted by Crippen LogP contribution is 2.09. The quantitative estimate of drug-likeness (QED) is 0.875. The van der Waals surface area contributed by atoms with Gasteiger partial charge in [-0.1, -0.05) is 30.3 Å². The summed E-state index contributed by atoms with van der Waals surface area (Å²) in [4.78, 5) is 16.6. The molecule has 1 aromatic heterocycles. The van der Waals surface area contributed by atoms with Crippen molar-refractivity contribution in [3.63, 3.8) is 0 Å². The first kappa shape index (κ1) is 14.7. The number of nitrogens with zero attached hydrogens (tertiary/aromatic N) is 3. The summed E-state index contributed by atoms with van der Waals surface area (Å²) in [6.07, 6.45) is 5.16. The zero-order valence-electron chi connectivity index (χ0n) is 12.1. The number of hydrogen-bond donors (Lipinski definition) is 1. The predicted octanol–water partition coefficient (Wildman–Crippen LogP) is 0.278. The molecule has 2 aromatic rings. The van der Waals surface area contributed by atoms with E-state index in [1.807, 2.05) is 61.3 Å². The Bertz CT molecular complexity index is 739. The summed E-state index contributed by atoms with van der Waals surface area (Å²) < 4.78 is 1.81. The molecule has 21 heavy (non-hydrogen) atoms. The molecule has 1 N–H and O–H groups in total. The molecule has 0 fully saturated rings. The van der Waals surface area contributed by atoms with Crippen LogP contribution >= 0.6 is 0 Å². The van der Waals surface area contributed by atoms with Crippen molar-refractivity contribution in [1.82, 2.24) is 9.55 Å². The molecule has 0 spiro atoms.